The number of hydrogen-bond donors (Lipinski definition) is 1. The standard InChI is InChI=1S/C27H24Cl2FNO5/c1-27(12-16-6-8-19(28)9-7-16)13-18-10-17(11-23(35-2)25(18)36-27)26(34)31(15-24(32)33)14-20-21(29)4-3-5-22(20)30/h3-11H,12-15H2,1-2H3,(H,32,33)/t27-/m1/s1. The number of carboxylic acid groups (broad SMARTS) is 1. The highest BCUT2D eigenvalue weighted by Crippen LogP contribution is 2.44. The molecule has 0 aliphatic carbocycles. The number of fused-ring (bicyclic) bond motifs is 1. The molecule has 0 fully saturated rings. The van der Waals surface area contributed by atoms with Crippen molar-refractivity contribution in [3.8, 4) is 11.5 Å². The van der Waals surface area contributed by atoms with E-state index in [2.05, 4.69) is 0 Å². The monoisotopic (exact) mass is 531 g/mol. The number of rotatable bonds is 8. The number of halogens is 3. The molecule has 0 aromatic heterocycles. The average molecular weight is 532 g/mol. The van der Waals surface area contributed by atoms with E-state index in [0.29, 0.717) is 29.4 Å². The Morgan fingerprint density at radius 1 is 1.17 bits per heavy atom. The number of carbonyl (C=O) groups excluding carboxylic acids is 1. The second-order valence-electron chi connectivity index (χ2n) is 8.95. The summed E-state index contributed by atoms with van der Waals surface area (Å²) in [5.74, 6) is -1.56. The molecule has 1 N–H and O–H groups in total. The van der Waals surface area contributed by atoms with E-state index in [-0.39, 0.29) is 22.7 Å². The van der Waals surface area contributed by atoms with Crippen molar-refractivity contribution >= 4 is 35.1 Å². The van der Waals surface area contributed by atoms with Crippen LogP contribution in [0, 0.1) is 5.82 Å². The highest BCUT2D eigenvalue weighted by atomic mass is 35.5. The molecule has 3 aromatic rings. The first kappa shape index (κ1) is 25.8. The largest absolute Gasteiger partial charge is 0.493 e. The summed E-state index contributed by atoms with van der Waals surface area (Å²) in [5.41, 5.74) is 1.46. The Hall–Kier alpha value is -3.29. The van der Waals surface area contributed by atoms with Crippen molar-refractivity contribution in [2.24, 2.45) is 0 Å². The van der Waals surface area contributed by atoms with Crippen LogP contribution in [0.15, 0.2) is 54.6 Å². The molecule has 9 heteroatoms. The van der Waals surface area contributed by atoms with Gasteiger partial charge in [0.1, 0.15) is 18.0 Å². The van der Waals surface area contributed by atoms with Crippen molar-refractivity contribution in [2.45, 2.75) is 31.9 Å². The van der Waals surface area contributed by atoms with Gasteiger partial charge in [-0.15, -0.1) is 0 Å². The molecule has 1 aliphatic rings. The SMILES string of the molecule is COc1cc(C(=O)N(CC(=O)O)Cc2c(F)cccc2Cl)cc2c1O[C@](C)(Cc1ccc(Cl)cc1)C2. The minimum Gasteiger partial charge on any atom is -0.493 e. The average Bonchev–Trinajstić information content (AvgIpc) is 3.16. The van der Waals surface area contributed by atoms with Crippen LogP contribution in [-0.4, -0.2) is 41.1 Å². The van der Waals surface area contributed by atoms with E-state index in [0.717, 1.165) is 16.0 Å². The molecule has 6 nitrogen and oxygen atoms in total. The van der Waals surface area contributed by atoms with Crippen molar-refractivity contribution in [3.63, 3.8) is 0 Å². The first-order chi connectivity index (χ1) is 17.1. The second kappa shape index (κ2) is 10.4. The van der Waals surface area contributed by atoms with Gasteiger partial charge in [-0.3, -0.25) is 9.59 Å². The Balaban J connectivity index is 1.63. The number of amides is 1. The molecule has 0 saturated carbocycles. The van der Waals surface area contributed by atoms with Crippen molar-refractivity contribution in [1.29, 1.82) is 0 Å². The van der Waals surface area contributed by atoms with E-state index in [9.17, 15) is 19.1 Å². The van der Waals surface area contributed by atoms with Gasteiger partial charge in [-0.2, -0.15) is 0 Å². The molecule has 4 rings (SSSR count). The molecular formula is C27H24Cl2FNO5. The first-order valence-corrected chi connectivity index (χ1v) is 11.9. The van der Waals surface area contributed by atoms with Crippen LogP contribution in [0.4, 0.5) is 4.39 Å². The van der Waals surface area contributed by atoms with Crippen molar-refractivity contribution < 1.29 is 28.6 Å². The van der Waals surface area contributed by atoms with Gasteiger partial charge in [0, 0.05) is 39.6 Å². The fourth-order valence-corrected chi connectivity index (χ4v) is 4.77. The van der Waals surface area contributed by atoms with Gasteiger partial charge in [0.05, 0.1) is 13.7 Å². The second-order valence-corrected chi connectivity index (χ2v) is 9.80. The zero-order valence-electron chi connectivity index (χ0n) is 19.7. The van der Waals surface area contributed by atoms with Crippen LogP contribution in [0.5, 0.6) is 11.5 Å². The third kappa shape index (κ3) is 5.58. The summed E-state index contributed by atoms with van der Waals surface area (Å²) >= 11 is 12.1. The molecule has 0 spiro atoms. The smallest absolute Gasteiger partial charge is 0.323 e. The molecular weight excluding hydrogens is 508 g/mol. The Kier molecular flexibility index (Phi) is 7.43. The van der Waals surface area contributed by atoms with Gasteiger partial charge < -0.3 is 19.5 Å². The third-order valence-corrected chi connectivity index (χ3v) is 6.63. The molecule has 1 amide bonds. The van der Waals surface area contributed by atoms with Crippen LogP contribution in [0.3, 0.4) is 0 Å². The number of carboxylic acids is 1. The topological polar surface area (TPSA) is 76.1 Å². The van der Waals surface area contributed by atoms with Crippen LogP contribution in [-0.2, 0) is 24.2 Å². The maximum atomic E-state index is 14.4. The summed E-state index contributed by atoms with van der Waals surface area (Å²) in [6.45, 7) is 1.04. The zero-order valence-corrected chi connectivity index (χ0v) is 21.2. The lowest BCUT2D eigenvalue weighted by atomic mass is 9.91. The van der Waals surface area contributed by atoms with Crippen LogP contribution in [0.25, 0.3) is 0 Å². The molecule has 0 bridgehead atoms. The highest BCUT2D eigenvalue weighted by molar-refractivity contribution is 6.31. The predicted octanol–water partition coefficient (Wildman–Crippen LogP) is 5.80. The maximum Gasteiger partial charge on any atom is 0.323 e. The molecule has 0 unspecified atom stereocenters. The van der Waals surface area contributed by atoms with Crippen LogP contribution >= 0.6 is 23.2 Å². The normalized spacial score (nSPS) is 16.2. The van der Waals surface area contributed by atoms with E-state index < -0.39 is 29.8 Å². The van der Waals surface area contributed by atoms with Gasteiger partial charge in [0.25, 0.3) is 5.91 Å². The van der Waals surface area contributed by atoms with E-state index >= 15 is 0 Å². The number of nitrogens with zero attached hydrogens (tertiary/aromatic N) is 1. The third-order valence-electron chi connectivity index (χ3n) is 6.03. The zero-order chi connectivity index (χ0) is 26.0. The van der Waals surface area contributed by atoms with Gasteiger partial charge in [-0.25, -0.2) is 4.39 Å². The summed E-state index contributed by atoms with van der Waals surface area (Å²) < 4.78 is 26.2. The first-order valence-electron chi connectivity index (χ1n) is 11.2. The van der Waals surface area contributed by atoms with Gasteiger partial charge >= 0.3 is 5.97 Å². The van der Waals surface area contributed by atoms with Crippen molar-refractivity contribution in [3.05, 3.63) is 92.7 Å². The number of methoxy groups -OCH3 is 1. The molecule has 188 valence electrons. The van der Waals surface area contributed by atoms with Crippen LogP contribution in [0.2, 0.25) is 10.0 Å². The molecule has 1 aliphatic heterocycles. The molecule has 1 heterocycles. The van der Waals surface area contributed by atoms with Gasteiger partial charge in [-0.05, 0) is 48.9 Å². The summed E-state index contributed by atoms with van der Waals surface area (Å²) in [5, 5.41) is 10.2. The van der Waals surface area contributed by atoms with Crippen molar-refractivity contribution in [1.82, 2.24) is 4.90 Å². The number of benzene rings is 3. The lowest BCUT2D eigenvalue weighted by Crippen LogP contribution is -2.35. The lowest BCUT2D eigenvalue weighted by Gasteiger charge is -2.24. The fraction of sp³-hybridized carbons (Fsp3) is 0.259. The van der Waals surface area contributed by atoms with Gasteiger partial charge in [-0.1, -0.05) is 41.4 Å². The fourth-order valence-electron chi connectivity index (χ4n) is 4.42. The number of carbonyl (C=O) groups is 2. The summed E-state index contributed by atoms with van der Waals surface area (Å²) in [6.07, 6.45) is 1.10. The summed E-state index contributed by atoms with van der Waals surface area (Å²) in [4.78, 5) is 26.0. The quantitative estimate of drug-likeness (QED) is 0.397. The predicted molar refractivity (Wildman–Crippen MR) is 135 cm³/mol. The Morgan fingerprint density at radius 2 is 1.89 bits per heavy atom. The van der Waals surface area contributed by atoms with E-state index in [1.54, 1.807) is 6.07 Å². The summed E-state index contributed by atoms with van der Waals surface area (Å²) in [7, 11) is 1.47. The molecule has 36 heavy (non-hydrogen) atoms. The van der Waals surface area contributed by atoms with Gasteiger partial charge in [0.2, 0.25) is 0 Å². The molecule has 1 atom stereocenters. The van der Waals surface area contributed by atoms with E-state index in [1.165, 1.54) is 31.4 Å². The molecule has 3 aromatic carbocycles. The number of ether oxygens (including phenoxy) is 2. The Morgan fingerprint density at radius 3 is 2.53 bits per heavy atom. The van der Waals surface area contributed by atoms with E-state index in [4.69, 9.17) is 32.7 Å². The number of hydrogen-bond acceptors (Lipinski definition) is 4. The van der Waals surface area contributed by atoms with Crippen LogP contribution in [0.1, 0.15) is 34.0 Å². The van der Waals surface area contributed by atoms with Crippen LogP contribution < -0.4 is 9.47 Å². The lowest BCUT2D eigenvalue weighted by molar-refractivity contribution is -0.137. The van der Waals surface area contributed by atoms with E-state index in [1.807, 2.05) is 31.2 Å². The summed E-state index contributed by atoms with van der Waals surface area (Å²) in [6, 6.07) is 14.8. The number of aliphatic carboxylic acids is 1. The molecule has 0 saturated heterocycles. The molecule has 0 radical (unpaired) electrons. The Bertz CT molecular complexity index is 1290. The highest BCUT2D eigenvalue weighted by Gasteiger charge is 2.38. The minimum atomic E-state index is -1.23. The van der Waals surface area contributed by atoms with Crippen molar-refractivity contribution in [2.75, 3.05) is 13.7 Å². The maximum absolute atomic E-state index is 14.4. The minimum absolute atomic E-state index is 0.0424. The Labute approximate surface area is 218 Å². The van der Waals surface area contributed by atoms with Gasteiger partial charge in [0.15, 0.2) is 11.5 Å².